The average molecular weight is 401 g/mol. The highest BCUT2D eigenvalue weighted by Gasteiger charge is 2.04. The van der Waals surface area contributed by atoms with E-state index in [4.69, 9.17) is 14.2 Å². The Kier molecular flexibility index (Phi) is 13.0. The lowest BCUT2D eigenvalue weighted by Crippen LogP contribution is -2.01. The molecule has 1 aromatic carbocycles. The average Bonchev–Trinajstić information content (AvgIpc) is 2.59. The topological polar surface area (TPSA) is 27.7 Å². The summed E-state index contributed by atoms with van der Waals surface area (Å²) in [4.78, 5) is 0. The van der Waals surface area contributed by atoms with Gasteiger partial charge in [-0.2, -0.15) is 0 Å². The van der Waals surface area contributed by atoms with Gasteiger partial charge in [-0.1, -0.05) is 64.7 Å². The molecule has 1 rings (SSSR count). The van der Waals surface area contributed by atoms with Gasteiger partial charge in [0.1, 0.15) is 11.5 Å². The number of hydrogen-bond acceptors (Lipinski definition) is 3. The molecule has 0 N–H and O–H groups in total. The summed E-state index contributed by atoms with van der Waals surface area (Å²) in [6, 6.07) is 5.80. The zero-order valence-electron chi connectivity index (χ0n) is 15.3. The minimum Gasteiger partial charge on any atom is -0.493 e. The molecule has 24 heavy (non-hydrogen) atoms. The van der Waals surface area contributed by atoms with Crippen LogP contribution in [-0.4, -0.2) is 20.5 Å². The van der Waals surface area contributed by atoms with Gasteiger partial charge >= 0.3 is 0 Å². The second-order valence-corrected chi connectivity index (χ2v) is 7.03. The molecule has 0 aromatic heterocycles. The van der Waals surface area contributed by atoms with E-state index in [0.717, 1.165) is 29.0 Å². The van der Waals surface area contributed by atoms with Crippen molar-refractivity contribution in [2.75, 3.05) is 20.5 Å². The van der Waals surface area contributed by atoms with Gasteiger partial charge in [0.05, 0.1) is 11.1 Å². The normalized spacial score (nSPS) is 10.8. The third-order valence-electron chi connectivity index (χ3n) is 4.00. The largest absolute Gasteiger partial charge is 0.493 e. The third kappa shape index (κ3) is 10.2. The number of methoxy groups -OCH3 is 1. The number of unbranched alkanes of at least 4 members (excludes halogenated alkanes) is 9. The van der Waals surface area contributed by atoms with Crippen LogP contribution in [0.15, 0.2) is 22.7 Å². The molecule has 0 unspecified atom stereocenters. The van der Waals surface area contributed by atoms with Gasteiger partial charge in [0.2, 0.25) is 0 Å². The summed E-state index contributed by atoms with van der Waals surface area (Å²) in [7, 11) is 1.61. The zero-order chi connectivity index (χ0) is 17.5. The summed E-state index contributed by atoms with van der Waals surface area (Å²) in [5, 5.41) is 0. The Bertz CT molecular complexity index is 423. The molecule has 0 aliphatic carbocycles. The van der Waals surface area contributed by atoms with Crippen molar-refractivity contribution >= 4 is 15.9 Å². The van der Waals surface area contributed by atoms with E-state index in [2.05, 4.69) is 22.9 Å². The molecule has 0 heterocycles. The number of ether oxygens (including phenoxy) is 3. The van der Waals surface area contributed by atoms with Crippen LogP contribution in [0.5, 0.6) is 11.5 Å². The Balaban J connectivity index is 2.04. The molecule has 138 valence electrons. The van der Waals surface area contributed by atoms with Crippen molar-refractivity contribution in [1.29, 1.82) is 0 Å². The Labute approximate surface area is 156 Å². The summed E-state index contributed by atoms with van der Waals surface area (Å²) >= 11 is 3.46. The molecule has 0 spiro atoms. The second kappa shape index (κ2) is 14.6. The van der Waals surface area contributed by atoms with Gasteiger partial charge in [-0.25, -0.2) is 0 Å². The van der Waals surface area contributed by atoms with E-state index in [0.29, 0.717) is 0 Å². The van der Waals surface area contributed by atoms with Crippen molar-refractivity contribution in [1.82, 2.24) is 0 Å². The summed E-state index contributed by atoms with van der Waals surface area (Å²) in [5.41, 5.74) is 0. The van der Waals surface area contributed by atoms with Crippen molar-refractivity contribution < 1.29 is 14.2 Å². The van der Waals surface area contributed by atoms with Crippen LogP contribution in [0.1, 0.15) is 71.1 Å². The molecule has 0 bridgehead atoms. The number of hydrogen-bond donors (Lipinski definition) is 0. The van der Waals surface area contributed by atoms with E-state index in [1.165, 1.54) is 57.8 Å². The van der Waals surface area contributed by atoms with Gasteiger partial charge < -0.3 is 14.2 Å². The maximum absolute atomic E-state index is 5.81. The van der Waals surface area contributed by atoms with Crippen molar-refractivity contribution in [3.05, 3.63) is 22.7 Å². The molecule has 0 radical (unpaired) electrons. The SMILES string of the molecule is CCCCCCCCCCCCOc1ccc(Br)c(OCOC)c1. The first-order chi connectivity index (χ1) is 11.8. The standard InChI is InChI=1S/C20H33BrO3/c1-3-4-5-6-7-8-9-10-11-12-15-23-18-13-14-19(21)20(16-18)24-17-22-2/h13-14,16H,3-12,15,17H2,1-2H3. The zero-order valence-corrected chi connectivity index (χ0v) is 16.9. The fourth-order valence-corrected chi connectivity index (χ4v) is 2.95. The fourth-order valence-electron chi connectivity index (χ4n) is 2.59. The minimum absolute atomic E-state index is 0.237. The van der Waals surface area contributed by atoms with Gasteiger partial charge in [-0.15, -0.1) is 0 Å². The molecular weight excluding hydrogens is 368 g/mol. The van der Waals surface area contributed by atoms with Gasteiger partial charge in [-0.3, -0.25) is 0 Å². The number of rotatable bonds is 15. The highest BCUT2D eigenvalue weighted by molar-refractivity contribution is 9.10. The molecule has 0 aliphatic heterocycles. The van der Waals surface area contributed by atoms with Gasteiger partial charge in [0.25, 0.3) is 0 Å². The van der Waals surface area contributed by atoms with E-state index in [-0.39, 0.29) is 6.79 Å². The van der Waals surface area contributed by atoms with Crippen LogP contribution in [0.25, 0.3) is 0 Å². The summed E-state index contributed by atoms with van der Waals surface area (Å²) in [5.74, 6) is 1.60. The van der Waals surface area contributed by atoms with Crippen LogP contribution in [0.2, 0.25) is 0 Å². The molecule has 0 aliphatic rings. The third-order valence-corrected chi connectivity index (χ3v) is 4.66. The molecule has 3 nitrogen and oxygen atoms in total. The van der Waals surface area contributed by atoms with Crippen molar-refractivity contribution in [2.24, 2.45) is 0 Å². The molecule has 0 saturated carbocycles. The monoisotopic (exact) mass is 400 g/mol. The Morgan fingerprint density at radius 1 is 0.833 bits per heavy atom. The first-order valence-electron chi connectivity index (χ1n) is 9.32. The maximum atomic E-state index is 5.81. The predicted octanol–water partition coefficient (Wildman–Crippen LogP) is 6.73. The smallest absolute Gasteiger partial charge is 0.188 e. The van der Waals surface area contributed by atoms with Gasteiger partial charge in [0, 0.05) is 13.2 Å². The van der Waals surface area contributed by atoms with Gasteiger partial charge in [0.15, 0.2) is 6.79 Å². The maximum Gasteiger partial charge on any atom is 0.188 e. The number of halogens is 1. The van der Waals surface area contributed by atoms with Crippen LogP contribution in [0, 0.1) is 0 Å². The molecular formula is C20H33BrO3. The second-order valence-electron chi connectivity index (χ2n) is 6.17. The predicted molar refractivity (Wildman–Crippen MR) is 104 cm³/mol. The molecule has 0 amide bonds. The van der Waals surface area contributed by atoms with Crippen LogP contribution in [0.4, 0.5) is 0 Å². The first kappa shape index (κ1) is 21.3. The minimum atomic E-state index is 0.237. The molecule has 4 heteroatoms. The van der Waals surface area contributed by atoms with E-state index < -0.39 is 0 Å². The summed E-state index contributed by atoms with van der Waals surface area (Å²) in [6.07, 6.45) is 13.4. The Hall–Kier alpha value is -0.740. The van der Waals surface area contributed by atoms with Crippen molar-refractivity contribution in [3.63, 3.8) is 0 Å². The van der Waals surface area contributed by atoms with Crippen LogP contribution >= 0.6 is 15.9 Å². The van der Waals surface area contributed by atoms with Crippen molar-refractivity contribution in [3.8, 4) is 11.5 Å². The van der Waals surface area contributed by atoms with E-state index in [1.54, 1.807) is 7.11 Å². The lowest BCUT2D eigenvalue weighted by molar-refractivity contribution is 0.0504. The van der Waals surface area contributed by atoms with E-state index in [9.17, 15) is 0 Å². The quantitative estimate of drug-likeness (QED) is 0.241. The number of benzene rings is 1. The van der Waals surface area contributed by atoms with Crippen molar-refractivity contribution in [2.45, 2.75) is 71.1 Å². The molecule has 0 saturated heterocycles. The highest BCUT2D eigenvalue weighted by atomic mass is 79.9. The fraction of sp³-hybridized carbons (Fsp3) is 0.700. The Morgan fingerprint density at radius 3 is 2.08 bits per heavy atom. The van der Waals surface area contributed by atoms with E-state index in [1.807, 2.05) is 18.2 Å². The highest BCUT2D eigenvalue weighted by Crippen LogP contribution is 2.29. The first-order valence-corrected chi connectivity index (χ1v) is 10.1. The van der Waals surface area contributed by atoms with E-state index >= 15 is 0 Å². The van der Waals surface area contributed by atoms with Crippen LogP contribution in [0.3, 0.4) is 0 Å². The van der Waals surface area contributed by atoms with Gasteiger partial charge in [-0.05, 0) is 34.5 Å². The lowest BCUT2D eigenvalue weighted by atomic mass is 10.1. The molecule has 0 atom stereocenters. The summed E-state index contributed by atoms with van der Waals surface area (Å²) < 4.78 is 17.1. The lowest BCUT2D eigenvalue weighted by Gasteiger charge is -2.10. The van der Waals surface area contributed by atoms with Crippen LogP contribution < -0.4 is 9.47 Å². The molecule has 0 fully saturated rings. The Morgan fingerprint density at radius 2 is 1.46 bits per heavy atom. The summed E-state index contributed by atoms with van der Waals surface area (Å²) in [6.45, 7) is 3.27. The van der Waals surface area contributed by atoms with Crippen LogP contribution in [-0.2, 0) is 4.74 Å². The molecule has 1 aromatic rings.